The van der Waals surface area contributed by atoms with Gasteiger partial charge in [0.2, 0.25) is 5.91 Å². The minimum absolute atomic E-state index is 0.0127. The molecule has 1 heterocycles. The average Bonchev–Trinajstić information content (AvgIpc) is 2.70. The van der Waals surface area contributed by atoms with Gasteiger partial charge in [-0.15, -0.1) is 0 Å². The van der Waals surface area contributed by atoms with Gasteiger partial charge in [-0.3, -0.25) is 9.59 Å². The first-order valence-electron chi connectivity index (χ1n) is 5.92. The Morgan fingerprint density at radius 3 is 2.74 bits per heavy atom. The topological polar surface area (TPSA) is 57.6 Å². The van der Waals surface area contributed by atoms with E-state index < -0.39 is 23.5 Å². The molecular weight excluding hydrogens is 256 g/mol. The van der Waals surface area contributed by atoms with Gasteiger partial charge in [-0.2, -0.15) is 0 Å². The molecule has 0 saturated carbocycles. The lowest BCUT2D eigenvalue weighted by molar-refractivity contribution is -0.141. The number of carbonyl (C=O) groups is 2. The molecule has 2 rings (SSSR count). The number of likely N-dealkylation sites (tertiary alicyclic amines) is 1. The van der Waals surface area contributed by atoms with Gasteiger partial charge in [0, 0.05) is 25.6 Å². The third-order valence-corrected chi connectivity index (χ3v) is 3.23. The molecule has 1 unspecified atom stereocenters. The summed E-state index contributed by atoms with van der Waals surface area (Å²) in [6, 6.07) is 3.28. The van der Waals surface area contributed by atoms with E-state index in [1.165, 1.54) is 11.0 Å². The highest BCUT2D eigenvalue weighted by Crippen LogP contribution is 2.19. The van der Waals surface area contributed by atoms with Crippen molar-refractivity contribution in [2.45, 2.75) is 12.8 Å². The maximum absolute atomic E-state index is 13.4. The molecule has 102 valence electrons. The van der Waals surface area contributed by atoms with Crippen LogP contribution in [0.15, 0.2) is 18.2 Å². The Kier molecular flexibility index (Phi) is 3.78. The number of halogens is 2. The minimum atomic E-state index is -0.996. The van der Waals surface area contributed by atoms with Gasteiger partial charge in [0.05, 0.1) is 5.92 Å². The zero-order valence-corrected chi connectivity index (χ0v) is 10.1. The number of carboxylic acids is 1. The fourth-order valence-electron chi connectivity index (χ4n) is 2.13. The van der Waals surface area contributed by atoms with Crippen LogP contribution in [0.25, 0.3) is 0 Å². The fourth-order valence-corrected chi connectivity index (χ4v) is 2.13. The second-order valence-corrected chi connectivity index (χ2v) is 4.56. The summed E-state index contributed by atoms with van der Waals surface area (Å²) >= 11 is 0. The van der Waals surface area contributed by atoms with Crippen LogP contribution in [0.3, 0.4) is 0 Å². The van der Waals surface area contributed by atoms with Crippen LogP contribution in [0.4, 0.5) is 8.78 Å². The summed E-state index contributed by atoms with van der Waals surface area (Å²) in [7, 11) is 0. The zero-order chi connectivity index (χ0) is 14.0. The van der Waals surface area contributed by atoms with Crippen LogP contribution in [0.2, 0.25) is 0 Å². The minimum Gasteiger partial charge on any atom is -0.481 e. The molecule has 1 N–H and O–H groups in total. The summed E-state index contributed by atoms with van der Waals surface area (Å²) in [6.45, 7) is 0.391. The van der Waals surface area contributed by atoms with Crippen molar-refractivity contribution in [2.75, 3.05) is 13.1 Å². The van der Waals surface area contributed by atoms with Crippen molar-refractivity contribution < 1.29 is 23.5 Å². The predicted octanol–water partition coefficient (Wildman–Crippen LogP) is 1.44. The molecule has 1 amide bonds. The number of nitrogens with zero attached hydrogens (tertiary/aromatic N) is 1. The molecule has 1 saturated heterocycles. The SMILES string of the molecule is O=C(O)C1CC(=O)N(CCc2ccc(F)cc2F)C1. The van der Waals surface area contributed by atoms with Gasteiger partial charge >= 0.3 is 5.97 Å². The molecule has 0 radical (unpaired) electrons. The number of benzene rings is 1. The third kappa shape index (κ3) is 3.07. The molecule has 0 aliphatic carbocycles. The standard InChI is InChI=1S/C13H13F2NO3/c14-10-2-1-8(11(15)6-10)3-4-16-7-9(13(18)19)5-12(16)17/h1-2,6,9H,3-5,7H2,(H,18,19). The number of rotatable bonds is 4. The van der Waals surface area contributed by atoms with Crippen molar-refractivity contribution in [2.24, 2.45) is 5.92 Å². The van der Waals surface area contributed by atoms with Gasteiger partial charge in [-0.25, -0.2) is 8.78 Å². The Bertz CT molecular complexity index is 519. The van der Waals surface area contributed by atoms with Crippen LogP contribution in [0.1, 0.15) is 12.0 Å². The van der Waals surface area contributed by atoms with E-state index in [0.29, 0.717) is 5.56 Å². The van der Waals surface area contributed by atoms with Crippen LogP contribution >= 0.6 is 0 Å². The van der Waals surface area contributed by atoms with Gasteiger partial charge in [0.15, 0.2) is 0 Å². The van der Waals surface area contributed by atoms with E-state index in [0.717, 1.165) is 12.1 Å². The number of hydrogen-bond acceptors (Lipinski definition) is 2. The molecule has 1 aliphatic heterocycles. The molecule has 0 bridgehead atoms. The second kappa shape index (κ2) is 5.34. The number of carboxylic acid groups (broad SMARTS) is 1. The Morgan fingerprint density at radius 2 is 2.16 bits per heavy atom. The lowest BCUT2D eigenvalue weighted by atomic mass is 10.1. The maximum Gasteiger partial charge on any atom is 0.308 e. The predicted molar refractivity (Wildman–Crippen MR) is 62.4 cm³/mol. The third-order valence-electron chi connectivity index (χ3n) is 3.23. The van der Waals surface area contributed by atoms with Gasteiger partial charge < -0.3 is 10.0 Å². The number of carbonyl (C=O) groups excluding carboxylic acids is 1. The van der Waals surface area contributed by atoms with Crippen molar-refractivity contribution in [1.29, 1.82) is 0 Å². The first-order chi connectivity index (χ1) is 8.97. The zero-order valence-electron chi connectivity index (χ0n) is 10.1. The normalized spacial score (nSPS) is 18.9. The Hall–Kier alpha value is -1.98. The molecule has 1 fully saturated rings. The van der Waals surface area contributed by atoms with Crippen LogP contribution in [0, 0.1) is 17.6 Å². The molecule has 1 aliphatic rings. The number of hydrogen-bond donors (Lipinski definition) is 1. The van der Waals surface area contributed by atoms with Crippen molar-refractivity contribution >= 4 is 11.9 Å². The van der Waals surface area contributed by atoms with Crippen molar-refractivity contribution in [1.82, 2.24) is 4.90 Å². The van der Waals surface area contributed by atoms with E-state index in [1.54, 1.807) is 0 Å². The number of amides is 1. The van der Waals surface area contributed by atoms with E-state index in [4.69, 9.17) is 5.11 Å². The Morgan fingerprint density at radius 1 is 1.42 bits per heavy atom. The second-order valence-electron chi connectivity index (χ2n) is 4.56. The highest BCUT2D eigenvalue weighted by atomic mass is 19.1. The molecule has 1 aromatic rings. The molecule has 19 heavy (non-hydrogen) atoms. The van der Waals surface area contributed by atoms with E-state index in [9.17, 15) is 18.4 Å². The quantitative estimate of drug-likeness (QED) is 0.899. The van der Waals surface area contributed by atoms with Crippen LogP contribution in [0.5, 0.6) is 0 Å². The van der Waals surface area contributed by atoms with Gasteiger partial charge in [0.1, 0.15) is 11.6 Å². The van der Waals surface area contributed by atoms with Crippen molar-refractivity contribution in [3.05, 3.63) is 35.4 Å². The summed E-state index contributed by atoms with van der Waals surface area (Å²) in [5.74, 6) is -3.23. The van der Waals surface area contributed by atoms with E-state index >= 15 is 0 Å². The summed E-state index contributed by atoms with van der Waals surface area (Å²) in [4.78, 5) is 23.7. The average molecular weight is 269 g/mol. The lowest BCUT2D eigenvalue weighted by Crippen LogP contribution is -2.28. The summed E-state index contributed by atoms with van der Waals surface area (Å²) < 4.78 is 26.1. The van der Waals surface area contributed by atoms with E-state index in [-0.39, 0.29) is 31.8 Å². The largest absolute Gasteiger partial charge is 0.481 e. The van der Waals surface area contributed by atoms with Crippen molar-refractivity contribution in [3.63, 3.8) is 0 Å². The first kappa shape index (κ1) is 13.5. The molecule has 0 spiro atoms. The molecule has 1 aromatic carbocycles. The lowest BCUT2D eigenvalue weighted by Gasteiger charge is -2.16. The Labute approximate surface area is 108 Å². The molecular formula is C13H13F2NO3. The monoisotopic (exact) mass is 269 g/mol. The molecule has 4 nitrogen and oxygen atoms in total. The fraction of sp³-hybridized carbons (Fsp3) is 0.385. The van der Waals surface area contributed by atoms with E-state index in [1.807, 2.05) is 0 Å². The van der Waals surface area contributed by atoms with Crippen LogP contribution in [-0.2, 0) is 16.0 Å². The van der Waals surface area contributed by atoms with Gasteiger partial charge in [0.25, 0.3) is 0 Å². The summed E-state index contributed by atoms with van der Waals surface area (Å²) in [6.07, 6.45) is 0.228. The van der Waals surface area contributed by atoms with Crippen LogP contribution in [-0.4, -0.2) is 35.0 Å². The highest BCUT2D eigenvalue weighted by Gasteiger charge is 2.33. The first-order valence-corrected chi connectivity index (χ1v) is 5.92. The smallest absolute Gasteiger partial charge is 0.308 e. The molecule has 1 atom stereocenters. The van der Waals surface area contributed by atoms with Gasteiger partial charge in [-0.05, 0) is 18.1 Å². The molecule has 6 heteroatoms. The summed E-state index contributed by atoms with van der Waals surface area (Å²) in [5.41, 5.74) is 0.313. The van der Waals surface area contributed by atoms with E-state index in [2.05, 4.69) is 0 Å². The number of aliphatic carboxylic acids is 1. The van der Waals surface area contributed by atoms with Crippen molar-refractivity contribution in [3.8, 4) is 0 Å². The van der Waals surface area contributed by atoms with Gasteiger partial charge in [-0.1, -0.05) is 6.07 Å². The highest BCUT2D eigenvalue weighted by molar-refractivity contribution is 5.86. The molecule has 0 aromatic heterocycles. The van der Waals surface area contributed by atoms with Crippen LogP contribution < -0.4 is 0 Å². The Balaban J connectivity index is 1.96. The maximum atomic E-state index is 13.4. The summed E-state index contributed by atoms with van der Waals surface area (Å²) in [5, 5.41) is 8.83.